The Morgan fingerprint density at radius 3 is 2.58 bits per heavy atom. The Bertz CT molecular complexity index is 406. The molecule has 0 radical (unpaired) electrons. The molecular weight excluding hydrogens is 243 g/mol. The van der Waals surface area contributed by atoms with Crippen molar-refractivity contribution in [1.29, 1.82) is 0 Å². The van der Waals surface area contributed by atoms with Crippen molar-refractivity contribution >= 4 is 14.8 Å². The van der Waals surface area contributed by atoms with Gasteiger partial charge in [0.1, 0.15) is 0 Å². The lowest BCUT2D eigenvalue weighted by Gasteiger charge is -2.49. The van der Waals surface area contributed by atoms with Gasteiger partial charge < -0.3 is 0 Å². The number of hydrogen-bond donors (Lipinski definition) is 0. The van der Waals surface area contributed by atoms with Gasteiger partial charge in [-0.3, -0.25) is 0 Å². The van der Waals surface area contributed by atoms with E-state index in [0.717, 1.165) is 18.5 Å². The lowest BCUT2D eigenvalue weighted by molar-refractivity contribution is 0.255. The van der Waals surface area contributed by atoms with Crippen molar-refractivity contribution in [2.75, 3.05) is 0 Å². The van der Waals surface area contributed by atoms with Gasteiger partial charge in [-0.1, -0.05) is 56.3 Å². The second-order valence-corrected chi connectivity index (χ2v) is 14.1. The molecule has 3 atom stereocenters. The first-order valence-corrected chi connectivity index (χ1v) is 12.1. The first-order chi connectivity index (χ1) is 8.86. The monoisotopic (exact) mass is 274 g/mol. The van der Waals surface area contributed by atoms with E-state index in [2.05, 4.69) is 33.5 Å². The van der Waals surface area contributed by atoms with Gasteiger partial charge in [-0.05, 0) is 49.9 Å². The van der Waals surface area contributed by atoms with Crippen LogP contribution in [0.5, 0.6) is 0 Å². The number of rotatable bonds is 2. The Hall–Kier alpha value is 0.0218. The zero-order valence-corrected chi connectivity index (χ0v) is 14.7. The summed E-state index contributed by atoms with van der Waals surface area (Å²) in [5.74, 6) is 2.15. The van der Waals surface area contributed by atoms with Crippen LogP contribution in [0.4, 0.5) is 0 Å². The highest BCUT2D eigenvalue weighted by molar-refractivity contribution is 6.85. The van der Waals surface area contributed by atoms with E-state index in [1.165, 1.54) is 38.3 Å². The Labute approximate surface area is 121 Å². The number of allylic oxidation sites excluding steroid dienone is 2. The van der Waals surface area contributed by atoms with Crippen LogP contribution < -0.4 is 0 Å². The molecule has 4 rings (SSSR count). The van der Waals surface area contributed by atoms with E-state index in [0.29, 0.717) is 5.41 Å². The average Bonchev–Trinajstić information content (AvgIpc) is 2.52. The highest BCUT2D eigenvalue weighted by Gasteiger charge is 2.52. The first-order valence-electron chi connectivity index (χ1n) is 8.57. The van der Waals surface area contributed by atoms with Gasteiger partial charge in [0.05, 0.1) is 8.07 Å². The zero-order chi connectivity index (χ0) is 13.8. The summed E-state index contributed by atoms with van der Waals surface area (Å²) < 4.78 is 0. The maximum atomic E-state index is 2.56. The van der Waals surface area contributed by atoms with Crippen molar-refractivity contribution in [3.8, 4) is 0 Å². The molecule has 4 bridgehead atoms. The largest absolute Gasteiger partial charge is 0.171 e. The van der Waals surface area contributed by atoms with Crippen molar-refractivity contribution in [1.82, 2.24) is 0 Å². The third-order valence-electron chi connectivity index (χ3n) is 6.80. The minimum Gasteiger partial charge on any atom is -0.0999 e. The summed E-state index contributed by atoms with van der Waals surface area (Å²) in [6.07, 6.45) is 10.6. The fraction of sp³-hybridized carbons (Fsp3) is 0.882. The molecule has 0 aromatic heterocycles. The third kappa shape index (κ3) is 2.18. The van der Waals surface area contributed by atoms with Crippen LogP contribution in [0, 0.1) is 17.3 Å². The Balaban J connectivity index is 2.12. The summed E-state index contributed by atoms with van der Waals surface area (Å²) in [4.78, 5) is 0. The van der Waals surface area contributed by atoms with Crippen LogP contribution in [0.25, 0.3) is 0 Å². The molecule has 0 amide bonds. The maximum Gasteiger partial charge on any atom is 0.171 e. The average molecular weight is 274 g/mol. The van der Waals surface area contributed by atoms with Gasteiger partial charge in [-0.2, -0.15) is 0 Å². The Morgan fingerprint density at radius 1 is 1.26 bits per heavy atom. The van der Waals surface area contributed by atoms with Gasteiger partial charge in [0.15, 0.2) is 6.71 Å². The lowest BCUT2D eigenvalue weighted by atomic mass is 9.27. The molecule has 0 aromatic carbocycles. The SMILES string of the molecule is CC[C@]12CC[C@H]3CB(C[C@H](C3)C1)/C2=C(/C)[Si](C)(C)C. The van der Waals surface area contributed by atoms with Crippen LogP contribution in [0.1, 0.15) is 46.0 Å². The van der Waals surface area contributed by atoms with E-state index in [9.17, 15) is 0 Å². The molecule has 4 aliphatic rings. The van der Waals surface area contributed by atoms with Gasteiger partial charge in [0.25, 0.3) is 0 Å². The summed E-state index contributed by atoms with van der Waals surface area (Å²) in [6.45, 7) is 13.6. The van der Waals surface area contributed by atoms with E-state index in [4.69, 9.17) is 0 Å². The Kier molecular flexibility index (Phi) is 3.32. The quantitative estimate of drug-likeness (QED) is 0.588. The molecule has 0 aromatic rings. The van der Waals surface area contributed by atoms with Crippen LogP contribution in [0.15, 0.2) is 10.7 Å². The van der Waals surface area contributed by atoms with E-state index >= 15 is 0 Å². The van der Waals surface area contributed by atoms with Crippen molar-refractivity contribution < 1.29 is 0 Å². The normalized spacial score (nSPS) is 40.6. The number of fused-ring (bicyclic) bond motifs is 1. The van der Waals surface area contributed by atoms with Crippen LogP contribution in [-0.4, -0.2) is 14.8 Å². The fourth-order valence-corrected chi connectivity index (χ4v) is 6.91. The molecule has 1 saturated carbocycles. The molecule has 0 unspecified atom stereocenters. The molecule has 106 valence electrons. The number of hydrogen-bond acceptors (Lipinski definition) is 0. The second kappa shape index (κ2) is 4.51. The highest BCUT2D eigenvalue weighted by Crippen LogP contribution is 2.59. The predicted octanol–water partition coefficient (Wildman–Crippen LogP) is 5.44. The molecule has 1 aliphatic carbocycles. The smallest absolute Gasteiger partial charge is 0.0999 e. The third-order valence-corrected chi connectivity index (χ3v) is 9.32. The minimum atomic E-state index is -1.13. The molecule has 0 spiro atoms. The molecular formula is C17H31BSi. The van der Waals surface area contributed by atoms with Gasteiger partial charge >= 0.3 is 0 Å². The summed E-state index contributed by atoms with van der Waals surface area (Å²) in [5, 5.41) is 1.88. The summed E-state index contributed by atoms with van der Waals surface area (Å²) in [7, 11) is -1.13. The second-order valence-electron chi connectivity index (χ2n) is 8.80. The molecule has 3 aliphatic heterocycles. The predicted molar refractivity (Wildman–Crippen MR) is 89.6 cm³/mol. The highest BCUT2D eigenvalue weighted by atomic mass is 28.3. The van der Waals surface area contributed by atoms with Gasteiger partial charge in [-0.25, -0.2) is 0 Å². The maximum absolute atomic E-state index is 2.56. The van der Waals surface area contributed by atoms with Crippen LogP contribution in [0.2, 0.25) is 32.3 Å². The van der Waals surface area contributed by atoms with E-state index in [1.807, 2.05) is 10.7 Å². The molecule has 0 N–H and O–H groups in total. The van der Waals surface area contributed by atoms with E-state index < -0.39 is 8.07 Å². The van der Waals surface area contributed by atoms with Crippen LogP contribution >= 0.6 is 0 Å². The summed E-state index contributed by atoms with van der Waals surface area (Å²) >= 11 is 0. The Morgan fingerprint density at radius 2 is 1.95 bits per heavy atom. The molecule has 2 heteroatoms. The summed E-state index contributed by atoms with van der Waals surface area (Å²) in [5.41, 5.74) is 2.62. The topological polar surface area (TPSA) is 0 Å². The standard InChI is InChI=1S/C17H31BSi/c1-6-17-8-7-14-9-15(10-17)12-18(11-14)16(17)13(2)19(3,4)5/h14-15H,6-12H2,1-5H3/b16-13-/t14-,15-,17+/m1/s1. The molecule has 4 fully saturated rings. The van der Waals surface area contributed by atoms with E-state index in [1.54, 1.807) is 6.42 Å². The van der Waals surface area contributed by atoms with Gasteiger partial charge in [0.2, 0.25) is 0 Å². The van der Waals surface area contributed by atoms with Crippen LogP contribution in [-0.2, 0) is 0 Å². The van der Waals surface area contributed by atoms with Crippen molar-refractivity contribution in [3.05, 3.63) is 10.7 Å². The minimum absolute atomic E-state index is 0.628. The lowest BCUT2D eigenvalue weighted by Crippen LogP contribution is -2.44. The first kappa shape index (κ1) is 14.0. The van der Waals surface area contributed by atoms with Crippen LogP contribution in [0.3, 0.4) is 0 Å². The van der Waals surface area contributed by atoms with Crippen molar-refractivity contribution in [3.63, 3.8) is 0 Å². The van der Waals surface area contributed by atoms with E-state index in [-0.39, 0.29) is 0 Å². The van der Waals surface area contributed by atoms with Crippen molar-refractivity contribution in [2.45, 2.75) is 78.2 Å². The molecule has 3 saturated heterocycles. The van der Waals surface area contributed by atoms with Gasteiger partial charge in [0, 0.05) is 0 Å². The zero-order valence-electron chi connectivity index (χ0n) is 13.7. The molecule has 3 heterocycles. The summed E-state index contributed by atoms with van der Waals surface area (Å²) in [6, 6.07) is 0. The molecule has 19 heavy (non-hydrogen) atoms. The van der Waals surface area contributed by atoms with Gasteiger partial charge in [-0.15, -0.1) is 0 Å². The fourth-order valence-electron chi connectivity index (χ4n) is 5.64. The molecule has 0 nitrogen and oxygen atoms in total. The van der Waals surface area contributed by atoms with Crippen molar-refractivity contribution in [2.24, 2.45) is 17.3 Å².